The molecule has 3 rings (SSSR count). The smallest absolute Gasteiger partial charge is 0.349 e. The Balaban J connectivity index is 1.87. The van der Waals surface area contributed by atoms with E-state index in [9.17, 15) is 4.79 Å². The van der Waals surface area contributed by atoms with Crippen molar-refractivity contribution in [3.8, 4) is 5.88 Å². The van der Waals surface area contributed by atoms with E-state index in [1.54, 1.807) is 13.0 Å². The summed E-state index contributed by atoms with van der Waals surface area (Å²) in [4.78, 5) is 15.8. The second-order valence-electron chi connectivity index (χ2n) is 5.03. The maximum absolute atomic E-state index is 11.5. The lowest BCUT2D eigenvalue weighted by molar-refractivity contribution is 0.138. The molecule has 0 aromatic carbocycles. The number of nitrogens with two attached hydrogens (primary N) is 1. The van der Waals surface area contributed by atoms with Crippen LogP contribution in [0.2, 0.25) is 0 Å². The third kappa shape index (κ3) is 2.33. The van der Waals surface area contributed by atoms with Crippen LogP contribution in [0.1, 0.15) is 31.5 Å². The van der Waals surface area contributed by atoms with Crippen LogP contribution in [-0.4, -0.2) is 31.7 Å². The zero-order chi connectivity index (χ0) is 13.4. The lowest BCUT2D eigenvalue weighted by Gasteiger charge is -2.26. The number of ether oxygens (including phenoxy) is 1. The summed E-state index contributed by atoms with van der Waals surface area (Å²) in [5.74, 6) is 1.06. The maximum atomic E-state index is 11.5. The number of nitrogens with zero attached hydrogens (tertiary/aromatic N) is 3. The number of fused-ring (bicyclic) bond motifs is 1. The molecule has 0 spiro atoms. The number of aromatic amines is 1. The van der Waals surface area contributed by atoms with Crippen molar-refractivity contribution in [2.75, 3.05) is 0 Å². The van der Waals surface area contributed by atoms with Crippen LogP contribution < -0.4 is 16.2 Å². The van der Waals surface area contributed by atoms with Crippen LogP contribution >= 0.6 is 0 Å². The summed E-state index contributed by atoms with van der Waals surface area (Å²) in [5, 5.41) is 6.33. The normalized spacial score (nSPS) is 23.7. The molecule has 1 aliphatic carbocycles. The fourth-order valence-electron chi connectivity index (χ4n) is 2.59. The van der Waals surface area contributed by atoms with E-state index in [-0.39, 0.29) is 17.8 Å². The molecular formula is C12H17N5O2. The quantitative estimate of drug-likeness (QED) is 0.816. The summed E-state index contributed by atoms with van der Waals surface area (Å²) >= 11 is 0. The third-order valence-electron chi connectivity index (χ3n) is 3.50. The molecule has 1 aliphatic rings. The summed E-state index contributed by atoms with van der Waals surface area (Å²) < 4.78 is 7.28. The third-order valence-corrected chi connectivity index (χ3v) is 3.50. The number of H-pyrrole nitrogens is 1. The minimum Gasteiger partial charge on any atom is -0.474 e. The van der Waals surface area contributed by atoms with Gasteiger partial charge in [0.05, 0.1) is 0 Å². The first kappa shape index (κ1) is 12.2. The predicted octanol–water partition coefficient (Wildman–Crippen LogP) is 0.375. The summed E-state index contributed by atoms with van der Waals surface area (Å²) in [6.45, 7) is 1.75. The first-order valence-electron chi connectivity index (χ1n) is 6.50. The molecule has 7 heteroatoms. The van der Waals surface area contributed by atoms with Crippen molar-refractivity contribution >= 4 is 5.65 Å². The van der Waals surface area contributed by atoms with Crippen molar-refractivity contribution in [1.82, 2.24) is 19.6 Å². The second kappa shape index (κ2) is 4.65. The minimum atomic E-state index is -0.286. The fraction of sp³-hybridized carbons (Fsp3) is 0.583. The molecule has 2 aromatic heterocycles. The molecule has 102 valence electrons. The summed E-state index contributed by atoms with van der Waals surface area (Å²) in [7, 11) is 0. The maximum Gasteiger partial charge on any atom is 0.349 e. The Morgan fingerprint density at radius 3 is 3.16 bits per heavy atom. The van der Waals surface area contributed by atoms with Gasteiger partial charge in [-0.1, -0.05) is 0 Å². The Labute approximate surface area is 109 Å². The van der Waals surface area contributed by atoms with Crippen LogP contribution in [0.3, 0.4) is 0 Å². The van der Waals surface area contributed by atoms with Crippen LogP contribution in [0.4, 0.5) is 0 Å². The predicted molar refractivity (Wildman–Crippen MR) is 69.2 cm³/mol. The van der Waals surface area contributed by atoms with Crippen molar-refractivity contribution < 1.29 is 4.74 Å². The van der Waals surface area contributed by atoms with Crippen molar-refractivity contribution in [2.45, 2.75) is 44.8 Å². The molecule has 2 heterocycles. The molecule has 0 amide bonds. The topological polar surface area (TPSA) is 98.3 Å². The molecule has 19 heavy (non-hydrogen) atoms. The molecule has 1 fully saturated rings. The summed E-state index contributed by atoms with van der Waals surface area (Å²) in [5.41, 5.74) is 6.17. The summed E-state index contributed by atoms with van der Waals surface area (Å²) in [6, 6.07) is 1.88. The summed E-state index contributed by atoms with van der Waals surface area (Å²) in [6.07, 6.45) is 4.07. The Morgan fingerprint density at radius 1 is 1.53 bits per heavy atom. The molecule has 0 aliphatic heterocycles. The van der Waals surface area contributed by atoms with Gasteiger partial charge in [-0.25, -0.2) is 14.3 Å². The average Bonchev–Trinajstić information content (AvgIpc) is 2.71. The Bertz CT molecular complexity index is 647. The SMILES string of the molecule is Cc1nc(OC2CCCC(N)C2)cc2n[nH]c(=O)n12. The van der Waals surface area contributed by atoms with Crippen LogP contribution in [0.25, 0.3) is 5.65 Å². The van der Waals surface area contributed by atoms with E-state index in [1.165, 1.54) is 4.40 Å². The molecule has 2 atom stereocenters. The monoisotopic (exact) mass is 263 g/mol. The average molecular weight is 263 g/mol. The van der Waals surface area contributed by atoms with Gasteiger partial charge in [-0.05, 0) is 32.6 Å². The standard InChI is InChI=1S/C12H17N5O2/c1-7-14-11(6-10-15-16-12(18)17(7)10)19-9-4-2-3-8(13)5-9/h6,8-9H,2-5,13H2,1H3,(H,16,18). The van der Waals surface area contributed by atoms with Gasteiger partial charge in [0.2, 0.25) is 5.88 Å². The van der Waals surface area contributed by atoms with Crippen molar-refractivity contribution in [3.05, 3.63) is 22.4 Å². The fourth-order valence-corrected chi connectivity index (χ4v) is 2.59. The van der Waals surface area contributed by atoms with Gasteiger partial charge in [0.1, 0.15) is 11.9 Å². The highest BCUT2D eigenvalue weighted by Crippen LogP contribution is 2.22. The van der Waals surface area contributed by atoms with Crippen LogP contribution in [-0.2, 0) is 0 Å². The first-order valence-corrected chi connectivity index (χ1v) is 6.50. The molecule has 3 N–H and O–H groups in total. The number of hydrogen-bond acceptors (Lipinski definition) is 5. The minimum absolute atomic E-state index is 0.101. The van der Waals surface area contributed by atoms with E-state index >= 15 is 0 Å². The zero-order valence-electron chi connectivity index (χ0n) is 10.8. The molecule has 1 saturated carbocycles. The van der Waals surface area contributed by atoms with E-state index in [0.29, 0.717) is 17.4 Å². The highest BCUT2D eigenvalue weighted by Gasteiger charge is 2.21. The number of rotatable bonds is 2. The molecule has 0 saturated heterocycles. The van der Waals surface area contributed by atoms with Crippen LogP contribution in [0, 0.1) is 6.92 Å². The number of hydrogen-bond donors (Lipinski definition) is 2. The lowest BCUT2D eigenvalue weighted by Crippen LogP contribution is -2.34. The van der Waals surface area contributed by atoms with Gasteiger partial charge in [0.15, 0.2) is 5.65 Å². The van der Waals surface area contributed by atoms with Crippen molar-refractivity contribution in [3.63, 3.8) is 0 Å². The van der Waals surface area contributed by atoms with E-state index in [2.05, 4.69) is 15.2 Å². The van der Waals surface area contributed by atoms with Crippen LogP contribution in [0.5, 0.6) is 5.88 Å². The Hall–Kier alpha value is -1.89. The van der Waals surface area contributed by atoms with Gasteiger partial charge >= 0.3 is 5.69 Å². The largest absolute Gasteiger partial charge is 0.474 e. The molecule has 2 unspecified atom stereocenters. The first-order chi connectivity index (χ1) is 9.13. The van der Waals surface area contributed by atoms with Gasteiger partial charge in [-0.15, -0.1) is 0 Å². The van der Waals surface area contributed by atoms with Gasteiger partial charge < -0.3 is 10.5 Å². The second-order valence-corrected chi connectivity index (χ2v) is 5.03. The van der Waals surface area contributed by atoms with Gasteiger partial charge in [0.25, 0.3) is 0 Å². The van der Waals surface area contributed by atoms with Crippen LogP contribution in [0.15, 0.2) is 10.9 Å². The highest BCUT2D eigenvalue weighted by molar-refractivity contribution is 5.40. The Kier molecular flexibility index (Phi) is 2.98. The molecule has 0 bridgehead atoms. The number of aryl methyl sites for hydroxylation is 1. The van der Waals surface area contributed by atoms with E-state index < -0.39 is 0 Å². The number of nitrogens with one attached hydrogen (secondary N) is 1. The zero-order valence-corrected chi connectivity index (χ0v) is 10.8. The van der Waals surface area contributed by atoms with Gasteiger partial charge in [-0.3, -0.25) is 0 Å². The van der Waals surface area contributed by atoms with Gasteiger partial charge in [-0.2, -0.15) is 10.1 Å². The molecule has 7 nitrogen and oxygen atoms in total. The molecule has 0 radical (unpaired) electrons. The van der Waals surface area contributed by atoms with Gasteiger partial charge in [0, 0.05) is 12.1 Å². The van der Waals surface area contributed by atoms with Crippen molar-refractivity contribution in [2.24, 2.45) is 5.73 Å². The molecular weight excluding hydrogens is 246 g/mol. The van der Waals surface area contributed by atoms with E-state index in [1.807, 2.05) is 0 Å². The Morgan fingerprint density at radius 2 is 2.37 bits per heavy atom. The van der Waals surface area contributed by atoms with E-state index in [0.717, 1.165) is 25.7 Å². The molecule has 2 aromatic rings. The van der Waals surface area contributed by atoms with Crippen molar-refractivity contribution in [1.29, 1.82) is 0 Å². The number of aromatic nitrogens is 4. The lowest BCUT2D eigenvalue weighted by atomic mass is 9.94. The highest BCUT2D eigenvalue weighted by atomic mass is 16.5. The van der Waals surface area contributed by atoms with E-state index in [4.69, 9.17) is 10.5 Å².